The standard InChI is InChI=1S/C13H32N2O3Si/c1-4-16-19(17-5-2,18-6-3)13(15)11-9-7-8-10-12-14/h13H,4-12,14-15H2,1-3H3. The molecule has 0 spiro atoms. The van der Waals surface area contributed by atoms with E-state index in [4.69, 9.17) is 24.7 Å². The van der Waals surface area contributed by atoms with Gasteiger partial charge in [-0.05, 0) is 40.2 Å². The molecule has 0 amide bonds. The second kappa shape index (κ2) is 11.8. The van der Waals surface area contributed by atoms with Crippen molar-refractivity contribution in [3.05, 3.63) is 0 Å². The van der Waals surface area contributed by atoms with Crippen molar-refractivity contribution in [1.82, 2.24) is 0 Å². The van der Waals surface area contributed by atoms with Crippen LogP contribution in [0.15, 0.2) is 0 Å². The van der Waals surface area contributed by atoms with Gasteiger partial charge in [-0.15, -0.1) is 0 Å². The van der Waals surface area contributed by atoms with Gasteiger partial charge in [0.15, 0.2) is 0 Å². The van der Waals surface area contributed by atoms with E-state index >= 15 is 0 Å². The number of hydrogen-bond acceptors (Lipinski definition) is 5. The van der Waals surface area contributed by atoms with Crippen LogP contribution in [0.25, 0.3) is 0 Å². The van der Waals surface area contributed by atoms with Gasteiger partial charge < -0.3 is 24.7 Å². The average molecular weight is 292 g/mol. The molecule has 116 valence electrons. The molecule has 0 aliphatic carbocycles. The fraction of sp³-hybridized carbons (Fsp3) is 1.00. The Morgan fingerprint density at radius 1 is 0.842 bits per heavy atom. The van der Waals surface area contributed by atoms with Crippen LogP contribution in [0.4, 0.5) is 0 Å². The van der Waals surface area contributed by atoms with Crippen molar-refractivity contribution in [2.24, 2.45) is 11.5 Å². The van der Waals surface area contributed by atoms with Gasteiger partial charge in [0.2, 0.25) is 0 Å². The third-order valence-electron chi connectivity index (χ3n) is 2.96. The lowest BCUT2D eigenvalue weighted by Gasteiger charge is -2.33. The summed E-state index contributed by atoms with van der Waals surface area (Å²) in [6.45, 7) is 8.35. The normalized spacial score (nSPS) is 13.7. The summed E-state index contributed by atoms with van der Waals surface area (Å²) in [4.78, 5) is 0. The summed E-state index contributed by atoms with van der Waals surface area (Å²) in [6.07, 6.45) is 5.36. The number of unbranched alkanes of at least 4 members (excludes halogenated alkanes) is 3. The highest BCUT2D eigenvalue weighted by Crippen LogP contribution is 2.18. The van der Waals surface area contributed by atoms with E-state index in [2.05, 4.69) is 0 Å². The summed E-state index contributed by atoms with van der Waals surface area (Å²) in [5.74, 6) is 0. The third kappa shape index (κ3) is 7.39. The lowest BCUT2D eigenvalue weighted by molar-refractivity contribution is 0.0610. The minimum absolute atomic E-state index is 0.134. The Balaban J connectivity index is 4.30. The first kappa shape index (κ1) is 19.0. The van der Waals surface area contributed by atoms with Crippen LogP contribution in [0.5, 0.6) is 0 Å². The van der Waals surface area contributed by atoms with Crippen LogP contribution in [0.1, 0.15) is 52.9 Å². The molecule has 0 bridgehead atoms. The number of nitrogens with two attached hydrogens (primary N) is 2. The van der Waals surface area contributed by atoms with Gasteiger partial charge in [0, 0.05) is 19.8 Å². The van der Waals surface area contributed by atoms with Crippen molar-refractivity contribution in [2.75, 3.05) is 26.4 Å². The molecule has 0 saturated carbocycles. The molecule has 5 nitrogen and oxygen atoms in total. The zero-order chi connectivity index (χ0) is 14.6. The highest BCUT2D eigenvalue weighted by atomic mass is 28.4. The maximum absolute atomic E-state index is 6.29. The van der Waals surface area contributed by atoms with Gasteiger partial charge in [0.25, 0.3) is 0 Å². The van der Waals surface area contributed by atoms with E-state index in [1.54, 1.807) is 0 Å². The molecule has 0 aromatic carbocycles. The molecule has 0 aliphatic heterocycles. The first-order valence-electron chi connectivity index (χ1n) is 7.54. The zero-order valence-corrected chi connectivity index (χ0v) is 13.8. The van der Waals surface area contributed by atoms with Gasteiger partial charge >= 0.3 is 8.80 Å². The number of rotatable bonds is 13. The minimum Gasteiger partial charge on any atom is -0.373 e. The molecule has 0 aliphatic rings. The minimum atomic E-state index is -2.71. The molecule has 0 saturated heterocycles. The van der Waals surface area contributed by atoms with Crippen molar-refractivity contribution in [1.29, 1.82) is 0 Å². The Morgan fingerprint density at radius 2 is 1.32 bits per heavy atom. The van der Waals surface area contributed by atoms with E-state index in [0.717, 1.165) is 38.6 Å². The Kier molecular flexibility index (Phi) is 11.8. The smallest absolute Gasteiger partial charge is 0.373 e. The summed E-state index contributed by atoms with van der Waals surface area (Å²) in [6, 6.07) is 0. The summed E-state index contributed by atoms with van der Waals surface area (Å²) < 4.78 is 17.4. The predicted octanol–water partition coefficient (Wildman–Crippen LogP) is 1.81. The van der Waals surface area contributed by atoms with Crippen molar-refractivity contribution in [3.63, 3.8) is 0 Å². The van der Waals surface area contributed by atoms with Gasteiger partial charge in [0.1, 0.15) is 0 Å². The van der Waals surface area contributed by atoms with E-state index in [0.29, 0.717) is 19.8 Å². The molecular formula is C13H32N2O3Si. The average Bonchev–Trinajstić information content (AvgIpc) is 2.39. The Morgan fingerprint density at radius 3 is 1.74 bits per heavy atom. The Labute approximate surface area is 119 Å². The predicted molar refractivity (Wildman–Crippen MR) is 80.7 cm³/mol. The quantitative estimate of drug-likeness (QED) is 0.400. The van der Waals surface area contributed by atoms with Crippen LogP contribution in [0, 0.1) is 0 Å². The maximum Gasteiger partial charge on any atom is 0.518 e. The fourth-order valence-corrected chi connectivity index (χ4v) is 4.75. The summed E-state index contributed by atoms with van der Waals surface area (Å²) in [5, 5.41) is 0. The zero-order valence-electron chi connectivity index (χ0n) is 12.8. The van der Waals surface area contributed by atoms with E-state index in [1.165, 1.54) is 0 Å². The lowest BCUT2D eigenvalue weighted by atomic mass is 10.1. The molecule has 0 heterocycles. The molecule has 0 rings (SSSR count). The van der Waals surface area contributed by atoms with E-state index in [1.807, 2.05) is 20.8 Å². The molecular weight excluding hydrogens is 260 g/mol. The summed E-state index contributed by atoms with van der Waals surface area (Å²) in [5.41, 5.74) is 11.6. The first-order valence-corrected chi connectivity index (χ1v) is 9.34. The largest absolute Gasteiger partial charge is 0.518 e. The SMILES string of the molecule is CCO[Si](OCC)(OCC)C(N)CCCCCCN. The monoisotopic (exact) mass is 292 g/mol. The second-order valence-electron chi connectivity index (χ2n) is 4.50. The summed E-state index contributed by atoms with van der Waals surface area (Å²) >= 11 is 0. The highest BCUT2D eigenvalue weighted by molar-refractivity contribution is 6.62. The van der Waals surface area contributed by atoms with Crippen LogP contribution in [0.3, 0.4) is 0 Å². The van der Waals surface area contributed by atoms with Crippen molar-refractivity contribution in [2.45, 2.75) is 58.5 Å². The third-order valence-corrected chi connectivity index (χ3v) is 6.23. The van der Waals surface area contributed by atoms with E-state index in [9.17, 15) is 0 Å². The molecule has 1 atom stereocenters. The fourth-order valence-electron chi connectivity index (χ4n) is 2.09. The van der Waals surface area contributed by atoms with E-state index in [-0.39, 0.29) is 5.67 Å². The van der Waals surface area contributed by atoms with Crippen LogP contribution >= 0.6 is 0 Å². The van der Waals surface area contributed by atoms with Gasteiger partial charge in [-0.1, -0.05) is 19.3 Å². The maximum atomic E-state index is 6.29. The lowest BCUT2D eigenvalue weighted by Crippen LogP contribution is -2.60. The molecule has 0 aromatic heterocycles. The molecule has 0 radical (unpaired) electrons. The first-order chi connectivity index (χ1) is 9.16. The van der Waals surface area contributed by atoms with Crippen LogP contribution in [-0.4, -0.2) is 40.8 Å². The Hall–Kier alpha value is 0.0169. The topological polar surface area (TPSA) is 79.7 Å². The van der Waals surface area contributed by atoms with Crippen LogP contribution < -0.4 is 11.5 Å². The highest BCUT2D eigenvalue weighted by Gasteiger charge is 2.46. The molecule has 0 aromatic rings. The Bertz CT molecular complexity index is 191. The van der Waals surface area contributed by atoms with Crippen molar-refractivity contribution < 1.29 is 13.3 Å². The van der Waals surface area contributed by atoms with Gasteiger partial charge in [-0.3, -0.25) is 0 Å². The van der Waals surface area contributed by atoms with Gasteiger partial charge in [0.05, 0.1) is 5.67 Å². The van der Waals surface area contributed by atoms with E-state index < -0.39 is 8.80 Å². The molecule has 0 fully saturated rings. The van der Waals surface area contributed by atoms with Crippen molar-refractivity contribution in [3.8, 4) is 0 Å². The van der Waals surface area contributed by atoms with Crippen LogP contribution in [0.2, 0.25) is 0 Å². The molecule has 6 heteroatoms. The summed E-state index contributed by atoms with van der Waals surface area (Å²) in [7, 11) is -2.71. The van der Waals surface area contributed by atoms with Crippen molar-refractivity contribution >= 4 is 8.80 Å². The van der Waals surface area contributed by atoms with Gasteiger partial charge in [-0.25, -0.2) is 0 Å². The second-order valence-corrected chi connectivity index (χ2v) is 7.32. The molecule has 19 heavy (non-hydrogen) atoms. The molecule has 4 N–H and O–H groups in total. The number of hydrogen-bond donors (Lipinski definition) is 2. The van der Waals surface area contributed by atoms with Gasteiger partial charge in [-0.2, -0.15) is 0 Å². The molecule has 1 unspecified atom stereocenters. The van der Waals surface area contributed by atoms with Crippen LogP contribution in [-0.2, 0) is 13.3 Å².